The van der Waals surface area contributed by atoms with Crippen LogP contribution < -0.4 is 5.32 Å². The molecule has 2 rings (SSSR count). The van der Waals surface area contributed by atoms with Gasteiger partial charge in [0, 0.05) is 18.2 Å². The lowest BCUT2D eigenvalue weighted by Gasteiger charge is -2.19. The summed E-state index contributed by atoms with van der Waals surface area (Å²) in [5.41, 5.74) is 1.06. The zero-order valence-corrected chi connectivity index (χ0v) is 10.9. The minimum absolute atomic E-state index is 0.162. The lowest BCUT2D eigenvalue weighted by atomic mass is 10.1. The number of furan rings is 1. The Kier molecular flexibility index (Phi) is 4.52. The van der Waals surface area contributed by atoms with Crippen molar-refractivity contribution in [1.29, 1.82) is 0 Å². The second kappa shape index (κ2) is 5.96. The van der Waals surface area contributed by atoms with Crippen molar-refractivity contribution in [3.8, 4) is 0 Å². The summed E-state index contributed by atoms with van der Waals surface area (Å²) < 4.78 is 41.8. The van der Waals surface area contributed by atoms with Crippen LogP contribution in [0.4, 0.5) is 13.2 Å². The van der Waals surface area contributed by atoms with E-state index in [4.69, 9.17) is 4.42 Å². The van der Waals surface area contributed by atoms with E-state index in [2.05, 4.69) is 5.32 Å². The first-order valence-corrected chi connectivity index (χ1v) is 6.48. The summed E-state index contributed by atoms with van der Waals surface area (Å²) >= 11 is 0. The van der Waals surface area contributed by atoms with Gasteiger partial charge in [-0.2, -0.15) is 13.2 Å². The number of nitrogens with one attached hydrogen (secondary N) is 1. The molecule has 3 nitrogen and oxygen atoms in total. The molecule has 0 aliphatic carbocycles. The number of likely N-dealkylation sites (tertiary alicyclic amines) is 1. The average Bonchev–Trinajstić information content (AvgIpc) is 2.94. The lowest BCUT2D eigenvalue weighted by molar-refractivity contribution is -0.143. The first kappa shape index (κ1) is 14.4. The fourth-order valence-electron chi connectivity index (χ4n) is 2.46. The molecule has 1 aliphatic heterocycles. The van der Waals surface area contributed by atoms with Crippen LogP contribution in [0.3, 0.4) is 0 Å². The standard InChI is InChI=1S/C13H19F3N2O/c1-10(12-3-5-19-8-12)17-6-11-2-4-18(7-11)9-13(14,15)16/h3,5,8,10-11,17H,2,4,6-7,9H2,1H3. The van der Waals surface area contributed by atoms with E-state index >= 15 is 0 Å². The maximum Gasteiger partial charge on any atom is 0.401 e. The van der Waals surface area contributed by atoms with Gasteiger partial charge in [0.2, 0.25) is 0 Å². The SMILES string of the molecule is CC(NCC1CCN(CC(F)(F)F)C1)c1ccoc1. The predicted molar refractivity (Wildman–Crippen MR) is 65.7 cm³/mol. The molecule has 1 N–H and O–H groups in total. The fourth-order valence-corrected chi connectivity index (χ4v) is 2.46. The van der Waals surface area contributed by atoms with E-state index in [9.17, 15) is 13.2 Å². The molecule has 2 atom stereocenters. The summed E-state index contributed by atoms with van der Waals surface area (Å²) in [6.45, 7) is 3.02. The molecule has 0 amide bonds. The third-order valence-electron chi connectivity index (χ3n) is 3.53. The van der Waals surface area contributed by atoms with Gasteiger partial charge in [-0.05, 0) is 38.4 Å². The molecule has 0 saturated carbocycles. The van der Waals surface area contributed by atoms with Crippen LogP contribution in [0.15, 0.2) is 23.0 Å². The summed E-state index contributed by atoms with van der Waals surface area (Å²) in [6.07, 6.45) is 0.0318. The van der Waals surface area contributed by atoms with Crippen molar-refractivity contribution in [2.45, 2.75) is 25.6 Å². The number of nitrogens with zero attached hydrogens (tertiary/aromatic N) is 1. The molecule has 0 radical (unpaired) electrons. The van der Waals surface area contributed by atoms with Crippen LogP contribution in [0, 0.1) is 5.92 Å². The molecule has 6 heteroatoms. The molecule has 108 valence electrons. The Morgan fingerprint density at radius 3 is 2.95 bits per heavy atom. The largest absolute Gasteiger partial charge is 0.472 e. The summed E-state index contributed by atoms with van der Waals surface area (Å²) in [5, 5.41) is 3.34. The minimum atomic E-state index is -4.09. The zero-order chi connectivity index (χ0) is 13.9. The molecular formula is C13H19F3N2O. The minimum Gasteiger partial charge on any atom is -0.472 e. The van der Waals surface area contributed by atoms with Crippen LogP contribution in [-0.4, -0.2) is 37.3 Å². The Hall–Kier alpha value is -1.01. The Morgan fingerprint density at radius 2 is 2.32 bits per heavy atom. The van der Waals surface area contributed by atoms with Crippen molar-refractivity contribution < 1.29 is 17.6 Å². The van der Waals surface area contributed by atoms with Crippen molar-refractivity contribution >= 4 is 0 Å². The number of halogens is 3. The van der Waals surface area contributed by atoms with Crippen molar-refractivity contribution in [2.75, 3.05) is 26.2 Å². The molecule has 1 aliphatic rings. The van der Waals surface area contributed by atoms with Crippen molar-refractivity contribution in [1.82, 2.24) is 10.2 Å². The Balaban J connectivity index is 1.71. The molecule has 2 heterocycles. The molecular weight excluding hydrogens is 257 g/mol. The first-order chi connectivity index (χ1) is 8.94. The van der Waals surface area contributed by atoms with Crippen LogP contribution >= 0.6 is 0 Å². The molecule has 1 fully saturated rings. The van der Waals surface area contributed by atoms with Gasteiger partial charge in [0.05, 0.1) is 19.1 Å². The van der Waals surface area contributed by atoms with Gasteiger partial charge in [-0.1, -0.05) is 0 Å². The van der Waals surface area contributed by atoms with E-state index < -0.39 is 12.7 Å². The normalized spacial score (nSPS) is 22.8. The quantitative estimate of drug-likeness (QED) is 0.896. The van der Waals surface area contributed by atoms with Crippen LogP contribution in [0.5, 0.6) is 0 Å². The van der Waals surface area contributed by atoms with E-state index in [0.29, 0.717) is 13.1 Å². The van der Waals surface area contributed by atoms with Gasteiger partial charge < -0.3 is 9.73 Å². The second-order valence-corrected chi connectivity index (χ2v) is 5.19. The predicted octanol–water partition coefficient (Wildman–Crippen LogP) is 2.81. The third kappa shape index (κ3) is 4.54. The Labute approximate surface area is 110 Å². The number of alkyl halides is 3. The highest BCUT2D eigenvalue weighted by atomic mass is 19.4. The molecule has 1 aromatic heterocycles. The van der Waals surface area contributed by atoms with Gasteiger partial charge >= 0.3 is 6.18 Å². The average molecular weight is 276 g/mol. The van der Waals surface area contributed by atoms with Gasteiger partial charge in [0.15, 0.2) is 0 Å². The van der Waals surface area contributed by atoms with Crippen LogP contribution in [0.25, 0.3) is 0 Å². The second-order valence-electron chi connectivity index (χ2n) is 5.19. The zero-order valence-electron chi connectivity index (χ0n) is 10.9. The maximum absolute atomic E-state index is 12.3. The van der Waals surface area contributed by atoms with Crippen molar-refractivity contribution in [2.24, 2.45) is 5.92 Å². The highest BCUT2D eigenvalue weighted by Crippen LogP contribution is 2.23. The Bertz CT molecular complexity index is 378. The van der Waals surface area contributed by atoms with E-state index in [1.165, 1.54) is 4.90 Å². The molecule has 1 aromatic rings. The van der Waals surface area contributed by atoms with Gasteiger partial charge in [-0.15, -0.1) is 0 Å². The van der Waals surface area contributed by atoms with Gasteiger partial charge in [-0.3, -0.25) is 4.90 Å². The topological polar surface area (TPSA) is 28.4 Å². The summed E-state index contributed by atoms with van der Waals surface area (Å²) in [4.78, 5) is 1.48. The van der Waals surface area contributed by atoms with Gasteiger partial charge in [0.1, 0.15) is 0 Å². The maximum atomic E-state index is 12.3. The lowest BCUT2D eigenvalue weighted by Crippen LogP contribution is -2.34. The highest BCUT2D eigenvalue weighted by molar-refractivity contribution is 5.10. The molecule has 0 aromatic carbocycles. The molecule has 0 bridgehead atoms. The summed E-state index contributed by atoms with van der Waals surface area (Å²) in [5.74, 6) is 0.289. The van der Waals surface area contributed by atoms with Gasteiger partial charge in [0.25, 0.3) is 0 Å². The van der Waals surface area contributed by atoms with E-state index in [-0.39, 0.29) is 12.0 Å². The number of hydrogen-bond donors (Lipinski definition) is 1. The molecule has 0 spiro atoms. The summed E-state index contributed by atoms with van der Waals surface area (Å²) in [7, 11) is 0. The first-order valence-electron chi connectivity index (χ1n) is 6.48. The Morgan fingerprint density at radius 1 is 1.53 bits per heavy atom. The van der Waals surface area contributed by atoms with Gasteiger partial charge in [-0.25, -0.2) is 0 Å². The summed E-state index contributed by atoms with van der Waals surface area (Å²) in [6, 6.07) is 2.05. The molecule has 19 heavy (non-hydrogen) atoms. The fraction of sp³-hybridized carbons (Fsp3) is 0.692. The number of hydrogen-bond acceptors (Lipinski definition) is 3. The van der Waals surface area contributed by atoms with E-state index in [1.54, 1.807) is 12.5 Å². The number of rotatable bonds is 5. The van der Waals surface area contributed by atoms with Crippen LogP contribution in [0.1, 0.15) is 24.9 Å². The molecule has 2 unspecified atom stereocenters. The smallest absolute Gasteiger partial charge is 0.401 e. The third-order valence-corrected chi connectivity index (χ3v) is 3.53. The van der Waals surface area contributed by atoms with Crippen LogP contribution in [-0.2, 0) is 0 Å². The van der Waals surface area contributed by atoms with Crippen molar-refractivity contribution in [3.05, 3.63) is 24.2 Å². The monoisotopic (exact) mass is 276 g/mol. The van der Waals surface area contributed by atoms with Crippen molar-refractivity contribution in [3.63, 3.8) is 0 Å². The highest BCUT2D eigenvalue weighted by Gasteiger charge is 2.34. The van der Waals surface area contributed by atoms with E-state index in [0.717, 1.165) is 18.5 Å². The van der Waals surface area contributed by atoms with Crippen LogP contribution in [0.2, 0.25) is 0 Å². The van der Waals surface area contributed by atoms with E-state index in [1.807, 2.05) is 13.0 Å². The molecule has 1 saturated heterocycles.